The third-order valence-corrected chi connectivity index (χ3v) is 4.94. The maximum Gasteiger partial charge on any atom is 0.240 e. The first kappa shape index (κ1) is 13.6. The summed E-state index contributed by atoms with van der Waals surface area (Å²) < 4.78 is 5.21. The summed E-state index contributed by atoms with van der Waals surface area (Å²) >= 11 is 0. The number of rotatable bonds is 3. The van der Waals surface area contributed by atoms with Crippen LogP contribution in [0.3, 0.4) is 0 Å². The molecule has 0 radical (unpaired) electrons. The average Bonchev–Trinajstić information content (AvgIpc) is 3.06. The molecule has 4 unspecified atom stereocenters. The number of fused-ring (bicyclic) bond motifs is 1. The quantitative estimate of drug-likeness (QED) is 0.915. The predicted octanol–water partition coefficient (Wildman–Crippen LogP) is 1.80. The first-order valence-corrected chi connectivity index (χ1v) is 7.58. The Bertz CT molecular complexity index is 460. The smallest absolute Gasteiger partial charge is 0.240 e. The van der Waals surface area contributed by atoms with Gasteiger partial charge < -0.3 is 14.7 Å². The van der Waals surface area contributed by atoms with Gasteiger partial charge in [-0.2, -0.15) is 0 Å². The van der Waals surface area contributed by atoms with Gasteiger partial charge in [-0.25, -0.2) is 0 Å². The van der Waals surface area contributed by atoms with Crippen LogP contribution in [0.25, 0.3) is 0 Å². The summed E-state index contributed by atoms with van der Waals surface area (Å²) in [4.78, 5) is 14.9. The third kappa shape index (κ3) is 2.35. The Morgan fingerprint density at radius 1 is 1.50 bits per heavy atom. The van der Waals surface area contributed by atoms with Crippen molar-refractivity contribution in [1.29, 1.82) is 0 Å². The molecule has 1 aromatic heterocycles. The minimum Gasteiger partial charge on any atom is -0.360 e. The van der Waals surface area contributed by atoms with Gasteiger partial charge in [0.05, 0.1) is 18.8 Å². The van der Waals surface area contributed by atoms with E-state index in [9.17, 15) is 4.79 Å². The molecule has 110 valence electrons. The topological polar surface area (TPSA) is 58.4 Å². The highest BCUT2D eigenvalue weighted by Gasteiger charge is 2.43. The summed E-state index contributed by atoms with van der Waals surface area (Å²) in [5.41, 5.74) is 0. The second-order valence-electron chi connectivity index (χ2n) is 6.18. The fraction of sp³-hybridized carbons (Fsp3) is 0.733. The maximum absolute atomic E-state index is 12.9. The molecule has 2 heterocycles. The molecule has 5 nitrogen and oxygen atoms in total. The molecule has 2 aliphatic rings. The number of nitrogens with zero attached hydrogens (tertiary/aromatic N) is 2. The van der Waals surface area contributed by atoms with Crippen molar-refractivity contribution in [1.82, 2.24) is 15.4 Å². The van der Waals surface area contributed by atoms with Crippen LogP contribution in [0.4, 0.5) is 0 Å². The average molecular weight is 277 g/mol. The highest BCUT2D eigenvalue weighted by Crippen LogP contribution is 2.39. The Balaban J connectivity index is 1.87. The molecule has 20 heavy (non-hydrogen) atoms. The second kappa shape index (κ2) is 5.56. The Hall–Kier alpha value is -1.36. The normalized spacial score (nSPS) is 34.1. The van der Waals surface area contributed by atoms with E-state index in [-0.39, 0.29) is 11.9 Å². The number of carbonyl (C=O) groups is 1. The molecule has 0 bridgehead atoms. The van der Waals surface area contributed by atoms with Gasteiger partial charge in [0.2, 0.25) is 5.91 Å². The van der Waals surface area contributed by atoms with Crippen molar-refractivity contribution in [3.63, 3.8) is 0 Å². The van der Waals surface area contributed by atoms with Gasteiger partial charge in [-0.3, -0.25) is 4.79 Å². The van der Waals surface area contributed by atoms with Crippen molar-refractivity contribution in [2.45, 2.75) is 51.2 Å². The van der Waals surface area contributed by atoms with E-state index in [4.69, 9.17) is 4.52 Å². The van der Waals surface area contributed by atoms with Gasteiger partial charge in [-0.1, -0.05) is 18.5 Å². The molecule has 1 N–H and O–H groups in total. The summed E-state index contributed by atoms with van der Waals surface area (Å²) in [5, 5.41) is 6.95. The molecule has 5 heteroatoms. The molecule has 2 fully saturated rings. The molecular formula is C15H23N3O2. The minimum absolute atomic E-state index is 0.0801. The van der Waals surface area contributed by atoms with E-state index < -0.39 is 0 Å². The molecule has 1 aliphatic heterocycles. The molecule has 0 spiro atoms. The molecule has 0 aromatic carbocycles. The molecule has 4 atom stereocenters. The lowest BCUT2D eigenvalue weighted by Crippen LogP contribution is -2.49. The van der Waals surface area contributed by atoms with E-state index in [0.29, 0.717) is 24.4 Å². The summed E-state index contributed by atoms with van der Waals surface area (Å²) in [6.45, 7) is 2.73. The standard InChI is InChI=1S/C15H23N3O2/c1-10-8-11-4-3-5-13(11)18(15(19)14(10)16-2)9-12-6-7-17-20-12/h6-7,10-11,13-14,16H,3-5,8-9H2,1-2H3. The Morgan fingerprint density at radius 3 is 3.05 bits per heavy atom. The van der Waals surface area contributed by atoms with E-state index in [1.807, 2.05) is 18.0 Å². The highest BCUT2D eigenvalue weighted by molar-refractivity contribution is 5.83. The van der Waals surface area contributed by atoms with Crippen LogP contribution >= 0.6 is 0 Å². The lowest BCUT2D eigenvalue weighted by molar-refractivity contribution is -0.137. The first-order valence-electron chi connectivity index (χ1n) is 7.58. The number of nitrogens with one attached hydrogen (secondary N) is 1. The zero-order chi connectivity index (χ0) is 14.1. The monoisotopic (exact) mass is 277 g/mol. The number of likely N-dealkylation sites (N-methyl/N-ethyl adjacent to an activating group) is 1. The fourth-order valence-corrected chi connectivity index (χ4v) is 4.00. The van der Waals surface area contributed by atoms with Crippen molar-refractivity contribution >= 4 is 5.91 Å². The predicted molar refractivity (Wildman–Crippen MR) is 74.8 cm³/mol. The van der Waals surface area contributed by atoms with E-state index in [0.717, 1.165) is 18.6 Å². The maximum atomic E-state index is 12.9. The molecule has 1 aliphatic carbocycles. The van der Waals surface area contributed by atoms with E-state index >= 15 is 0 Å². The molecule has 1 saturated heterocycles. The van der Waals surface area contributed by atoms with Crippen LogP contribution in [0.1, 0.15) is 38.4 Å². The minimum atomic E-state index is -0.0801. The van der Waals surface area contributed by atoms with Crippen molar-refractivity contribution in [3.05, 3.63) is 18.0 Å². The summed E-state index contributed by atoms with van der Waals surface area (Å²) in [5.74, 6) is 2.01. The molecule has 1 saturated carbocycles. The number of amides is 1. The van der Waals surface area contributed by atoms with Crippen LogP contribution in [-0.2, 0) is 11.3 Å². The molecule has 1 amide bonds. The SMILES string of the molecule is CNC1C(=O)N(Cc2ccno2)C2CCCC2CC1C. The zero-order valence-electron chi connectivity index (χ0n) is 12.2. The number of likely N-dealkylation sites (tertiary alicyclic amines) is 1. The van der Waals surface area contributed by atoms with Crippen molar-refractivity contribution < 1.29 is 9.32 Å². The molecular weight excluding hydrogens is 254 g/mol. The summed E-state index contributed by atoms with van der Waals surface area (Å²) in [7, 11) is 1.88. The number of hydrogen-bond acceptors (Lipinski definition) is 4. The van der Waals surface area contributed by atoms with E-state index in [2.05, 4.69) is 17.4 Å². The van der Waals surface area contributed by atoms with E-state index in [1.54, 1.807) is 6.20 Å². The molecule has 3 rings (SSSR count). The fourth-order valence-electron chi connectivity index (χ4n) is 4.00. The summed E-state index contributed by atoms with van der Waals surface area (Å²) in [6.07, 6.45) is 6.36. The number of carbonyl (C=O) groups excluding carboxylic acids is 1. The van der Waals surface area contributed by atoms with Gasteiger partial charge in [0, 0.05) is 12.1 Å². The Morgan fingerprint density at radius 2 is 2.35 bits per heavy atom. The van der Waals surface area contributed by atoms with Crippen molar-refractivity contribution in [2.24, 2.45) is 11.8 Å². The van der Waals surface area contributed by atoms with Crippen LogP contribution in [0.5, 0.6) is 0 Å². The van der Waals surface area contributed by atoms with Gasteiger partial charge in [0.15, 0.2) is 5.76 Å². The zero-order valence-corrected chi connectivity index (χ0v) is 12.2. The van der Waals surface area contributed by atoms with Crippen LogP contribution in [0.2, 0.25) is 0 Å². The third-order valence-electron chi connectivity index (χ3n) is 4.94. The Labute approximate surface area is 119 Å². The van der Waals surface area contributed by atoms with Crippen LogP contribution in [0, 0.1) is 11.8 Å². The lowest BCUT2D eigenvalue weighted by Gasteiger charge is -2.31. The van der Waals surface area contributed by atoms with Gasteiger partial charge in [0.1, 0.15) is 0 Å². The highest BCUT2D eigenvalue weighted by atomic mass is 16.5. The van der Waals surface area contributed by atoms with Crippen LogP contribution in [0.15, 0.2) is 16.8 Å². The molecule has 1 aromatic rings. The van der Waals surface area contributed by atoms with E-state index in [1.165, 1.54) is 12.8 Å². The summed E-state index contributed by atoms with van der Waals surface area (Å²) in [6, 6.07) is 2.14. The second-order valence-corrected chi connectivity index (χ2v) is 6.18. The van der Waals surface area contributed by atoms with Crippen molar-refractivity contribution in [2.75, 3.05) is 7.05 Å². The van der Waals surface area contributed by atoms with Crippen LogP contribution < -0.4 is 5.32 Å². The largest absolute Gasteiger partial charge is 0.360 e. The number of hydrogen-bond donors (Lipinski definition) is 1. The van der Waals surface area contributed by atoms with Gasteiger partial charge in [-0.15, -0.1) is 0 Å². The Kier molecular flexibility index (Phi) is 3.78. The lowest BCUT2D eigenvalue weighted by atomic mass is 9.90. The van der Waals surface area contributed by atoms with Crippen LogP contribution in [-0.4, -0.2) is 35.1 Å². The van der Waals surface area contributed by atoms with Gasteiger partial charge in [-0.05, 0) is 38.1 Å². The van der Waals surface area contributed by atoms with Crippen molar-refractivity contribution in [3.8, 4) is 0 Å². The first-order chi connectivity index (χ1) is 9.70. The van der Waals surface area contributed by atoms with Gasteiger partial charge in [0.25, 0.3) is 0 Å². The van der Waals surface area contributed by atoms with Gasteiger partial charge >= 0.3 is 0 Å². The number of aromatic nitrogens is 1.